The minimum atomic E-state index is 0.0384. The number of anilines is 1. The first-order valence-electron chi connectivity index (χ1n) is 7.03. The van der Waals surface area contributed by atoms with E-state index in [2.05, 4.69) is 22.8 Å². The Morgan fingerprint density at radius 2 is 2.14 bits per heavy atom. The Balaban J connectivity index is 2.65. The Morgan fingerprint density at radius 1 is 1.38 bits per heavy atom. The maximum Gasteiger partial charge on any atom is 0.224 e. The average Bonchev–Trinajstić information content (AvgIpc) is 2.45. The summed E-state index contributed by atoms with van der Waals surface area (Å²) in [4.78, 5) is 11.8. The van der Waals surface area contributed by atoms with Gasteiger partial charge in [0.1, 0.15) is 0 Å². The van der Waals surface area contributed by atoms with Crippen molar-refractivity contribution < 1.29 is 4.79 Å². The van der Waals surface area contributed by atoms with E-state index < -0.39 is 0 Å². The number of thiocarbonyl (C=S) groups is 1. The number of hydrogen-bond donors (Lipinski definition) is 3. The maximum atomic E-state index is 11.8. The van der Waals surface area contributed by atoms with Crippen LogP contribution in [0.1, 0.15) is 45.1 Å². The number of amides is 1. The Labute approximate surface area is 131 Å². The van der Waals surface area contributed by atoms with Crippen molar-refractivity contribution in [3.05, 3.63) is 29.8 Å². The summed E-state index contributed by atoms with van der Waals surface area (Å²) in [6.45, 7) is 3.96. The fraction of sp³-hybridized carbons (Fsp3) is 0.400. The quantitative estimate of drug-likeness (QED) is 0.313. The topological polar surface area (TPSA) is 79.5 Å². The number of carbonyl (C=O) groups is 1. The summed E-state index contributed by atoms with van der Waals surface area (Å²) in [6.07, 6.45) is 3.65. The molecular weight excluding hydrogens is 284 g/mol. The Hall–Kier alpha value is -1.95. The van der Waals surface area contributed by atoms with Gasteiger partial charge in [0, 0.05) is 12.1 Å². The van der Waals surface area contributed by atoms with Crippen LogP contribution < -0.4 is 16.5 Å². The van der Waals surface area contributed by atoms with Crippen LogP contribution >= 0.6 is 12.2 Å². The molecule has 0 aromatic heterocycles. The molecule has 0 atom stereocenters. The van der Waals surface area contributed by atoms with Crippen LogP contribution in [0.2, 0.25) is 0 Å². The molecule has 0 saturated carbocycles. The van der Waals surface area contributed by atoms with E-state index in [1.165, 1.54) is 0 Å². The molecular formula is C15H22N4OS. The van der Waals surface area contributed by atoms with Crippen molar-refractivity contribution in [2.75, 3.05) is 5.32 Å². The van der Waals surface area contributed by atoms with Gasteiger partial charge in [-0.25, -0.2) is 0 Å². The normalized spacial score (nSPS) is 11.0. The molecule has 0 bridgehead atoms. The summed E-state index contributed by atoms with van der Waals surface area (Å²) < 4.78 is 0. The molecule has 1 aromatic rings. The number of nitrogens with one attached hydrogen (secondary N) is 2. The molecule has 114 valence electrons. The molecule has 0 spiro atoms. The number of hydrazone groups is 1. The first-order valence-corrected chi connectivity index (χ1v) is 7.43. The molecule has 0 radical (unpaired) electrons. The highest BCUT2D eigenvalue weighted by Gasteiger charge is 2.04. The fourth-order valence-electron chi connectivity index (χ4n) is 1.78. The number of benzene rings is 1. The second kappa shape index (κ2) is 9.07. The highest BCUT2D eigenvalue weighted by atomic mass is 32.1. The van der Waals surface area contributed by atoms with Crippen LogP contribution in [0.3, 0.4) is 0 Å². The molecule has 1 aromatic carbocycles. The number of carbonyl (C=O) groups excluding carboxylic acids is 1. The van der Waals surface area contributed by atoms with Crippen LogP contribution in [0.15, 0.2) is 29.4 Å². The van der Waals surface area contributed by atoms with Crippen molar-refractivity contribution in [3.63, 3.8) is 0 Å². The van der Waals surface area contributed by atoms with E-state index in [1.807, 2.05) is 31.2 Å². The molecule has 5 nitrogen and oxygen atoms in total. The monoisotopic (exact) mass is 306 g/mol. The lowest BCUT2D eigenvalue weighted by atomic mass is 10.1. The van der Waals surface area contributed by atoms with Crippen LogP contribution in [0, 0.1) is 0 Å². The largest absolute Gasteiger partial charge is 0.375 e. The van der Waals surface area contributed by atoms with Gasteiger partial charge in [0.25, 0.3) is 0 Å². The van der Waals surface area contributed by atoms with Crippen LogP contribution in [0.25, 0.3) is 0 Å². The molecule has 0 aliphatic heterocycles. The van der Waals surface area contributed by atoms with Crippen molar-refractivity contribution in [1.29, 1.82) is 0 Å². The summed E-state index contributed by atoms with van der Waals surface area (Å²) in [5, 5.41) is 7.08. The van der Waals surface area contributed by atoms with E-state index in [0.717, 1.165) is 36.2 Å². The second-order valence-electron chi connectivity index (χ2n) is 4.76. The van der Waals surface area contributed by atoms with E-state index in [9.17, 15) is 4.79 Å². The van der Waals surface area contributed by atoms with Gasteiger partial charge in [-0.05, 0) is 43.3 Å². The standard InChI is InChI=1S/C15H22N4OS/c1-3-4-5-9-14(20)17-13-8-6-7-12(10-13)11(2)18-19-15(16)21/h6-8,10H,3-5,9H2,1-2H3,(H,17,20)(H3,16,19,21)/b18-11+. The Morgan fingerprint density at radius 3 is 2.81 bits per heavy atom. The molecule has 21 heavy (non-hydrogen) atoms. The van der Waals surface area contributed by atoms with E-state index in [0.29, 0.717) is 6.42 Å². The first-order chi connectivity index (χ1) is 10.0. The van der Waals surface area contributed by atoms with Gasteiger partial charge < -0.3 is 11.1 Å². The second-order valence-corrected chi connectivity index (χ2v) is 5.20. The number of nitrogens with zero attached hydrogens (tertiary/aromatic N) is 1. The van der Waals surface area contributed by atoms with Crippen LogP contribution in [0.4, 0.5) is 5.69 Å². The molecule has 1 amide bonds. The van der Waals surface area contributed by atoms with Crippen LogP contribution in [-0.4, -0.2) is 16.7 Å². The van der Waals surface area contributed by atoms with Crippen LogP contribution in [0.5, 0.6) is 0 Å². The van der Waals surface area contributed by atoms with Gasteiger partial charge in [0.2, 0.25) is 5.91 Å². The summed E-state index contributed by atoms with van der Waals surface area (Å²) in [5.74, 6) is 0.0384. The van der Waals surface area contributed by atoms with Gasteiger partial charge in [-0.1, -0.05) is 31.9 Å². The fourth-order valence-corrected chi connectivity index (χ4v) is 1.83. The van der Waals surface area contributed by atoms with Gasteiger partial charge in [0.05, 0.1) is 5.71 Å². The summed E-state index contributed by atoms with van der Waals surface area (Å²) in [7, 11) is 0. The highest BCUT2D eigenvalue weighted by molar-refractivity contribution is 7.80. The van der Waals surface area contributed by atoms with Gasteiger partial charge in [-0.15, -0.1) is 0 Å². The summed E-state index contributed by atoms with van der Waals surface area (Å²) >= 11 is 4.70. The zero-order chi connectivity index (χ0) is 15.7. The van der Waals surface area contributed by atoms with E-state index in [4.69, 9.17) is 18.0 Å². The number of unbranched alkanes of at least 4 members (excludes halogenated alkanes) is 2. The highest BCUT2D eigenvalue weighted by Crippen LogP contribution is 2.12. The molecule has 0 heterocycles. The third-order valence-corrected chi connectivity index (χ3v) is 3.00. The molecule has 4 N–H and O–H groups in total. The van der Waals surface area contributed by atoms with Crippen molar-refractivity contribution >= 4 is 34.6 Å². The zero-order valence-corrected chi connectivity index (χ0v) is 13.3. The molecule has 0 aliphatic carbocycles. The molecule has 6 heteroatoms. The minimum absolute atomic E-state index is 0.0384. The lowest BCUT2D eigenvalue weighted by Crippen LogP contribution is -2.25. The van der Waals surface area contributed by atoms with Gasteiger partial charge in [-0.3, -0.25) is 10.2 Å². The van der Waals surface area contributed by atoms with E-state index in [1.54, 1.807) is 0 Å². The Kier molecular flexibility index (Phi) is 7.39. The molecule has 1 rings (SSSR count). The maximum absolute atomic E-state index is 11.8. The smallest absolute Gasteiger partial charge is 0.224 e. The van der Waals surface area contributed by atoms with E-state index in [-0.39, 0.29) is 11.0 Å². The third kappa shape index (κ3) is 6.85. The Bertz CT molecular complexity index is 528. The first kappa shape index (κ1) is 17.1. The SMILES string of the molecule is CCCCCC(=O)Nc1cccc(/C(C)=N/NC(N)=S)c1. The molecule has 0 aliphatic rings. The zero-order valence-electron chi connectivity index (χ0n) is 12.5. The lowest BCUT2D eigenvalue weighted by Gasteiger charge is -2.07. The van der Waals surface area contributed by atoms with Crippen molar-refractivity contribution in [2.45, 2.75) is 39.5 Å². The lowest BCUT2D eigenvalue weighted by molar-refractivity contribution is -0.116. The predicted molar refractivity (Wildman–Crippen MR) is 91.3 cm³/mol. The van der Waals surface area contributed by atoms with Gasteiger partial charge in [0.15, 0.2) is 5.11 Å². The number of hydrogen-bond acceptors (Lipinski definition) is 3. The third-order valence-electron chi connectivity index (χ3n) is 2.91. The minimum Gasteiger partial charge on any atom is -0.375 e. The predicted octanol–water partition coefficient (Wildman–Crippen LogP) is 2.76. The molecule has 0 unspecified atom stereocenters. The van der Waals surface area contributed by atoms with E-state index >= 15 is 0 Å². The number of nitrogens with two attached hydrogens (primary N) is 1. The van der Waals surface area contributed by atoms with Crippen molar-refractivity contribution in [1.82, 2.24) is 5.43 Å². The van der Waals surface area contributed by atoms with Gasteiger partial charge >= 0.3 is 0 Å². The summed E-state index contributed by atoms with van der Waals surface area (Å²) in [6, 6.07) is 7.51. The van der Waals surface area contributed by atoms with Gasteiger partial charge in [-0.2, -0.15) is 5.10 Å². The molecule has 0 saturated heterocycles. The molecule has 0 fully saturated rings. The average molecular weight is 306 g/mol. The number of rotatable bonds is 7. The van der Waals surface area contributed by atoms with Crippen molar-refractivity contribution in [3.8, 4) is 0 Å². The van der Waals surface area contributed by atoms with Crippen LogP contribution in [-0.2, 0) is 4.79 Å². The summed E-state index contributed by atoms with van der Waals surface area (Å²) in [5.41, 5.74) is 10.3. The van der Waals surface area contributed by atoms with Crippen molar-refractivity contribution in [2.24, 2.45) is 10.8 Å².